The summed E-state index contributed by atoms with van der Waals surface area (Å²) in [5, 5.41) is 122. The lowest BCUT2D eigenvalue weighted by Crippen LogP contribution is -3.26. The molecule has 20 heteroatoms. The number of fused-ring (bicyclic) bond motifs is 2. The fourth-order valence-electron chi connectivity index (χ4n) is 2.42. The number of quaternary nitrogens is 2. The Morgan fingerprint density at radius 1 is 0.575 bits per heavy atom. The fraction of sp³-hybridized carbons (Fsp3) is 0.300. The summed E-state index contributed by atoms with van der Waals surface area (Å²) in [5.41, 5.74) is 0.435. The first kappa shape index (κ1) is 34.4. The third-order valence-electron chi connectivity index (χ3n) is 4.93. The Bertz CT molecular complexity index is 1210. The second-order valence-electron chi connectivity index (χ2n) is 8.00. The zero-order valence-corrected chi connectivity index (χ0v) is 20.4. The van der Waals surface area contributed by atoms with Crippen LogP contribution in [-0.2, 0) is 0 Å². The highest BCUT2D eigenvalue weighted by Gasteiger charge is 2.46. The zero-order chi connectivity index (χ0) is 31.4. The maximum Gasteiger partial charge on any atom is 0.446 e. The molecule has 0 atom stereocenters. The van der Waals surface area contributed by atoms with Gasteiger partial charge in [-0.2, -0.15) is 9.80 Å². The molecule has 0 aliphatic rings. The molecule has 1 aromatic carbocycles. The van der Waals surface area contributed by atoms with Gasteiger partial charge in [0.1, 0.15) is 0 Å². The number of hydrogen-bond acceptors (Lipinski definition) is 18. The van der Waals surface area contributed by atoms with Gasteiger partial charge < -0.3 is 19.8 Å². The summed E-state index contributed by atoms with van der Waals surface area (Å²) >= 11 is 0. The van der Waals surface area contributed by atoms with E-state index in [4.69, 9.17) is 61.3 Å². The zero-order valence-electron chi connectivity index (χ0n) is 20.4. The molecule has 14 N–H and O–H groups in total. The summed E-state index contributed by atoms with van der Waals surface area (Å²) in [6.07, 6.45) is -13.6. The van der Waals surface area contributed by atoms with Crippen molar-refractivity contribution in [1.29, 1.82) is 0 Å². The van der Waals surface area contributed by atoms with Crippen LogP contribution in [0.15, 0.2) is 36.4 Å². The van der Waals surface area contributed by atoms with Gasteiger partial charge in [0.15, 0.2) is 0 Å². The van der Waals surface area contributed by atoms with Crippen molar-refractivity contribution >= 4 is 33.7 Å². The molecule has 20 nitrogen and oxygen atoms in total. The molecule has 3 aromatic rings. The van der Waals surface area contributed by atoms with Gasteiger partial charge in [-0.25, -0.2) is 9.97 Å². The van der Waals surface area contributed by atoms with Gasteiger partial charge in [0.05, 0.1) is 48.5 Å². The van der Waals surface area contributed by atoms with Gasteiger partial charge in [-0.1, -0.05) is 12.1 Å². The molecule has 0 amide bonds. The average molecular weight is 578 g/mol. The number of aromatic nitrogens is 2. The predicted octanol–water partition coefficient (Wildman–Crippen LogP) is -11.1. The number of aliphatic hydroxyl groups is 12. The van der Waals surface area contributed by atoms with Crippen LogP contribution in [0, 0.1) is 0 Å². The van der Waals surface area contributed by atoms with Crippen molar-refractivity contribution in [2.24, 2.45) is 0 Å². The van der Waals surface area contributed by atoms with E-state index in [1.54, 1.807) is 18.2 Å². The molecule has 0 spiro atoms. The van der Waals surface area contributed by atoms with E-state index >= 15 is 0 Å². The number of aromatic carboxylic acids is 2. The van der Waals surface area contributed by atoms with E-state index in [0.717, 1.165) is 24.9 Å². The van der Waals surface area contributed by atoms with Gasteiger partial charge >= 0.3 is 24.4 Å². The van der Waals surface area contributed by atoms with Crippen molar-refractivity contribution in [2.45, 2.75) is 24.4 Å². The number of carboxylic acids is 2. The van der Waals surface area contributed by atoms with Crippen LogP contribution in [0.25, 0.3) is 21.8 Å². The molecule has 0 radical (unpaired) electrons. The number of nitrogens with one attached hydrogen (secondary N) is 2. The molecule has 0 saturated heterocycles. The van der Waals surface area contributed by atoms with Crippen LogP contribution < -0.4 is 20.0 Å². The second-order valence-corrected chi connectivity index (χ2v) is 8.00. The van der Waals surface area contributed by atoms with Crippen molar-refractivity contribution in [3.05, 3.63) is 47.8 Å². The Morgan fingerprint density at radius 3 is 1.05 bits per heavy atom. The van der Waals surface area contributed by atoms with Crippen LogP contribution in [0.2, 0.25) is 0 Å². The Hall–Kier alpha value is -3.58. The van der Waals surface area contributed by atoms with Crippen LogP contribution in [0.3, 0.4) is 0 Å². The number of nitrogens with zero attached hydrogens (tertiary/aromatic N) is 2. The summed E-state index contributed by atoms with van der Waals surface area (Å²) < 4.78 is 0. The molecule has 3 rings (SSSR count). The maximum atomic E-state index is 10.8. The third kappa shape index (κ3) is 9.87. The molecular formula is C20H26N4O16. The van der Waals surface area contributed by atoms with E-state index in [0.29, 0.717) is 11.0 Å². The minimum absolute atomic E-state index is 0.187. The van der Waals surface area contributed by atoms with E-state index in [1.807, 2.05) is 0 Å². The molecular weight excluding hydrogens is 552 g/mol. The first-order valence-corrected chi connectivity index (χ1v) is 10.4. The lowest BCUT2D eigenvalue weighted by molar-refractivity contribution is -1.12. The van der Waals surface area contributed by atoms with E-state index < -0.39 is 46.1 Å². The molecule has 0 aliphatic heterocycles. The molecule has 0 aliphatic carbocycles. The lowest BCUT2D eigenvalue weighted by atomic mass is 10.1. The highest BCUT2D eigenvalue weighted by Crippen LogP contribution is 2.21. The Kier molecular flexibility index (Phi) is 10.6. The molecule has 0 bridgehead atoms. The number of benzene rings is 1. The van der Waals surface area contributed by atoms with Crippen LogP contribution in [0.4, 0.5) is 0 Å². The highest BCUT2D eigenvalue weighted by molar-refractivity contribution is 5.98. The third-order valence-corrected chi connectivity index (χ3v) is 4.93. The van der Waals surface area contributed by atoms with Gasteiger partial charge in [0.2, 0.25) is 0 Å². The Morgan fingerprint density at radius 2 is 0.850 bits per heavy atom. The van der Waals surface area contributed by atoms with Crippen LogP contribution >= 0.6 is 0 Å². The van der Waals surface area contributed by atoms with Gasteiger partial charge in [-0.3, -0.25) is 61.3 Å². The monoisotopic (exact) mass is 578 g/mol. The Balaban J connectivity index is 0.000000340. The van der Waals surface area contributed by atoms with Crippen molar-refractivity contribution in [3.63, 3.8) is 0 Å². The first-order chi connectivity index (χ1) is 17.9. The van der Waals surface area contributed by atoms with E-state index in [-0.39, 0.29) is 11.4 Å². The number of hydrogen-bond donors (Lipinski definition) is 14. The molecule has 40 heavy (non-hydrogen) atoms. The van der Waals surface area contributed by atoms with Gasteiger partial charge in [0.25, 0.3) is 0 Å². The van der Waals surface area contributed by atoms with Gasteiger partial charge in [0, 0.05) is 10.8 Å². The van der Waals surface area contributed by atoms with Crippen molar-refractivity contribution < 1.29 is 90.9 Å². The minimum atomic E-state index is -3.39. The Labute approximate surface area is 221 Å². The van der Waals surface area contributed by atoms with Crippen molar-refractivity contribution in [1.82, 2.24) is 9.97 Å². The second kappa shape index (κ2) is 12.3. The summed E-state index contributed by atoms with van der Waals surface area (Å²) in [6.45, 7) is 0. The number of carbonyl (C=O) groups is 2. The molecule has 0 unspecified atom stereocenters. The fourth-order valence-corrected chi connectivity index (χ4v) is 2.42. The van der Waals surface area contributed by atoms with Crippen molar-refractivity contribution in [3.8, 4) is 0 Å². The highest BCUT2D eigenvalue weighted by atomic mass is 16.8. The van der Waals surface area contributed by atoms with Crippen molar-refractivity contribution in [2.75, 3.05) is 14.1 Å². The largest absolute Gasteiger partial charge is 0.543 e. The summed E-state index contributed by atoms with van der Waals surface area (Å²) in [7, 11) is 1.50. The van der Waals surface area contributed by atoms with Gasteiger partial charge in [-0.15, -0.1) is 0 Å². The van der Waals surface area contributed by atoms with E-state index in [9.17, 15) is 19.8 Å². The molecule has 222 valence electrons. The number of rotatable bonds is 6. The summed E-state index contributed by atoms with van der Waals surface area (Å²) in [5.74, 6) is -2.74. The number of pyridine rings is 2. The maximum absolute atomic E-state index is 10.8. The average Bonchev–Trinajstić information content (AvgIpc) is 2.79. The van der Waals surface area contributed by atoms with Gasteiger partial charge in [-0.05, 0) is 24.3 Å². The normalized spacial score (nSPS) is 12.6. The molecule has 0 fully saturated rings. The predicted molar refractivity (Wildman–Crippen MR) is 117 cm³/mol. The van der Waals surface area contributed by atoms with E-state index in [1.165, 1.54) is 18.2 Å². The molecule has 0 saturated carbocycles. The van der Waals surface area contributed by atoms with E-state index in [2.05, 4.69) is 9.97 Å². The summed E-state index contributed by atoms with van der Waals surface area (Å²) in [4.78, 5) is 27.2. The standard InChI is InChI=1S/C14H8N2O4.2C3H9NO6/c17-13(18)9-3-1-7-5-8-2-4-10(14(19)20)16-12(8)6-11(7)15-9;2*1-4(2(5,6)7)3(8,9)10/h1-6H,(H,17,18)(H,19,20);2*5-10H,1H3. The lowest BCUT2D eigenvalue weighted by Gasteiger charge is -2.27. The molecule has 2 aromatic heterocycles. The topological polar surface area (TPSA) is 358 Å². The first-order valence-electron chi connectivity index (χ1n) is 10.4. The number of carboxylic acid groups (broad SMARTS) is 2. The smallest absolute Gasteiger partial charge is 0.446 e. The number of carbonyl (C=O) groups excluding carboxylic acids is 2. The van der Waals surface area contributed by atoms with Crippen LogP contribution in [0.5, 0.6) is 0 Å². The quantitative estimate of drug-likeness (QED) is 0.0952. The van der Waals surface area contributed by atoms with Crippen LogP contribution in [0.1, 0.15) is 21.0 Å². The molecule has 2 heterocycles. The van der Waals surface area contributed by atoms with Crippen LogP contribution in [-0.4, -0.2) is 122 Å². The SMILES string of the molecule is C[NH+](C(O)(O)O)C(O)(O)O.C[NH+](C(O)(O)O)C(O)(O)O.O=C([O-])c1ccc2cc3ccc(C(=O)[O-])nc3cc2n1. The minimum Gasteiger partial charge on any atom is -0.543 e. The summed E-state index contributed by atoms with van der Waals surface area (Å²) in [6, 6.07) is 9.21.